The largest absolute Gasteiger partial charge is 0.0654 e. The lowest BCUT2D eigenvalue weighted by atomic mass is 9.68. The van der Waals surface area contributed by atoms with Crippen LogP contribution in [0.1, 0.15) is 317 Å². The van der Waals surface area contributed by atoms with Crippen molar-refractivity contribution in [3.63, 3.8) is 0 Å². The lowest BCUT2D eigenvalue weighted by Gasteiger charge is -2.35. The van der Waals surface area contributed by atoms with Crippen molar-refractivity contribution < 1.29 is 0 Å². The van der Waals surface area contributed by atoms with E-state index >= 15 is 0 Å². The number of hydrogen-bond donors (Lipinski definition) is 0. The van der Waals surface area contributed by atoms with Gasteiger partial charge in [-0.1, -0.05) is 442 Å². The molecule has 3 aliphatic rings. The second-order valence-corrected chi connectivity index (χ2v) is 36.0. The van der Waals surface area contributed by atoms with Gasteiger partial charge >= 0.3 is 0 Å². The third-order valence-electron chi connectivity index (χ3n) is 28.9. The van der Waals surface area contributed by atoms with Gasteiger partial charge in [-0.15, -0.1) is 0 Å². The molecular formula is C119H138. The molecule has 0 nitrogen and oxygen atoms in total. The summed E-state index contributed by atoms with van der Waals surface area (Å²) in [4.78, 5) is 0. The number of hydrogen-bond acceptors (Lipinski definition) is 0. The van der Waals surface area contributed by atoms with Crippen molar-refractivity contribution in [1.82, 2.24) is 0 Å². The Bertz CT molecular complexity index is 5030. The highest BCUT2D eigenvalue weighted by Gasteiger charge is 2.47. The zero-order chi connectivity index (χ0) is 82.3. The summed E-state index contributed by atoms with van der Waals surface area (Å²) < 4.78 is 0. The summed E-state index contributed by atoms with van der Waals surface area (Å²) in [6.45, 7) is 24.2. The summed E-state index contributed by atoms with van der Waals surface area (Å²) in [5.74, 6) is 0. The van der Waals surface area contributed by atoms with Gasteiger partial charge in [0.15, 0.2) is 0 Å². The molecule has 0 spiro atoms. The van der Waals surface area contributed by atoms with Gasteiger partial charge < -0.3 is 0 Å². The summed E-state index contributed by atoms with van der Waals surface area (Å²) in [5.41, 5.74) is 45.5. The molecule has 0 atom stereocenters. The summed E-state index contributed by atoms with van der Waals surface area (Å²) in [7, 11) is 0. The molecule has 0 saturated carbocycles. The zero-order valence-electron chi connectivity index (χ0n) is 74.6. The monoisotopic (exact) mass is 1570 g/mol. The molecule has 0 aliphatic heterocycles. The van der Waals surface area contributed by atoms with Gasteiger partial charge in [-0.2, -0.15) is 0 Å². The molecule has 0 heteroatoms. The Labute approximate surface area is 719 Å². The number of benzene rings is 12. The van der Waals surface area contributed by atoms with E-state index in [1.165, 1.54) is 324 Å². The van der Waals surface area contributed by atoms with Gasteiger partial charge in [0, 0.05) is 16.2 Å². The van der Waals surface area contributed by atoms with E-state index in [1.54, 1.807) is 33.4 Å². The van der Waals surface area contributed by atoms with Crippen LogP contribution in [0.25, 0.3) is 122 Å². The van der Waals surface area contributed by atoms with Gasteiger partial charge in [-0.25, -0.2) is 0 Å². The van der Waals surface area contributed by atoms with E-state index in [9.17, 15) is 0 Å². The van der Waals surface area contributed by atoms with Gasteiger partial charge in [0.25, 0.3) is 0 Å². The molecule has 0 bridgehead atoms. The molecule has 0 unspecified atom stereocenters. The van der Waals surface area contributed by atoms with E-state index in [1.807, 2.05) is 0 Å². The van der Waals surface area contributed by atoms with Gasteiger partial charge in [-0.3, -0.25) is 0 Å². The fourth-order valence-corrected chi connectivity index (χ4v) is 23.2. The van der Waals surface area contributed by atoms with Crippen LogP contribution in [0.15, 0.2) is 243 Å². The van der Waals surface area contributed by atoms with Crippen molar-refractivity contribution in [2.24, 2.45) is 0 Å². The first kappa shape index (κ1) is 84.7. The smallest absolute Gasteiger partial charge is 0.0215 e. The molecule has 15 rings (SSSR count). The fourth-order valence-electron chi connectivity index (χ4n) is 23.2. The van der Waals surface area contributed by atoms with Crippen molar-refractivity contribution in [3.05, 3.63) is 298 Å². The number of fused-ring (bicyclic) bond motifs is 9. The van der Waals surface area contributed by atoms with E-state index in [0.29, 0.717) is 0 Å². The molecule has 614 valence electrons. The Morgan fingerprint density at radius 1 is 0.160 bits per heavy atom. The van der Waals surface area contributed by atoms with Crippen LogP contribution in [-0.4, -0.2) is 0 Å². The molecule has 0 radical (unpaired) electrons. The first-order chi connectivity index (χ1) is 58.7. The van der Waals surface area contributed by atoms with Crippen LogP contribution in [0.5, 0.6) is 0 Å². The first-order valence-electron chi connectivity index (χ1n) is 48.1. The van der Waals surface area contributed by atoms with Crippen LogP contribution in [0, 0.1) is 0 Å². The third-order valence-corrected chi connectivity index (χ3v) is 28.9. The van der Waals surface area contributed by atoms with E-state index in [-0.39, 0.29) is 16.2 Å². The van der Waals surface area contributed by atoms with Crippen molar-refractivity contribution in [1.29, 1.82) is 0 Å². The van der Waals surface area contributed by atoms with E-state index in [0.717, 1.165) is 38.5 Å². The molecule has 0 saturated heterocycles. The van der Waals surface area contributed by atoms with Crippen LogP contribution in [-0.2, 0) is 41.9 Å². The van der Waals surface area contributed by atoms with E-state index < -0.39 is 0 Å². The Morgan fingerprint density at radius 3 is 0.555 bits per heavy atom. The minimum absolute atomic E-state index is 0.0618. The second kappa shape index (κ2) is 39.4. The molecule has 0 aromatic heterocycles. The first-order valence-corrected chi connectivity index (χ1v) is 48.1. The summed E-state index contributed by atoms with van der Waals surface area (Å²) in [5, 5.41) is 0. The van der Waals surface area contributed by atoms with Gasteiger partial charge in [0.2, 0.25) is 0 Å². The maximum absolute atomic E-state index is 2.84. The lowest BCUT2D eigenvalue weighted by Crippen LogP contribution is -2.26. The highest BCUT2D eigenvalue weighted by Crippen LogP contribution is 2.63. The van der Waals surface area contributed by atoms with Crippen molar-refractivity contribution in [2.45, 2.75) is 304 Å². The van der Waals surface area contributed by atoms with Gasteiger partial charge in [-0.05, 0) is 267 Å². The Morgan fingerprint density at radius 2 is 0.345 bits per heavy atom. The maximum atomic E-state index is 2.84. The fraction of sp³-hybridized carbons (Fsp3) is 0.395. The van der Waals surface area contributed by atoms with Crippen LogP contribution >= 0.6 is 0 Å². The van der Waals surface area contributed by atoms with E-state index in [2.05, 4.69) is 312 Å². The zero-order valence-corrected chi connectivity index (χ0v) is 74.6. The molecule has 12 aromatic carbocycles. The molecule has 119 heavy (non-hydrogen) atoms. The maximum Gasteiger partial charge on any atom is 0.0215 e. The normalized spacial score (nSPS) is 13.6. The average Bonchev–Trinajstić information content (AvgIpc) is 1.58. The predicted molar refractivity (Wildman–Crippen MR) is 519 cm³/mol. The molecule has 0 fully saturated rings. The standard InChI is InChI=1S/C119H138/c1-11-21-27-49-75-117(76-50-28-22-12-2)103-65-47-45-63-97(103)99-71-67-89(81-105(99)117)113-93(17-7)109(85-55-37-33-38-56-85)111(87-59-41-35-42-60-87)95(19-9)115(113)91-69-73-101-102-74-70-92(84-108(102)119(107(101)83-91,79-53-31-25-15-5)80-54-32-26-16-6)116-96(20-10)112(88-61-43-36-44-62-88)110(86-57-39-34-40-58-86)94(18-8)114(116)90-68-72-100-98-64-46-48-66-104(98)118(106(100)82-90,77-51-29-23-13-3)78-52-30-24-14-4/h33-48,55-74,81-84H,11-32,49-54,75-80H2,1-10H3. The quantitative estimate of drug-likeness (QED) is 0.0335. The van der Waals surface area contributed by atoms with Crippen molar-refractivity contribution in [3.8, 4) is 122 Å². The second-order valence-electron chi connectivity index (χ2n) is 36.0. The summed E-state index contributed by atoms with van der Waals surface area (Å²) in [6, 6.07) is 97.9. The molecule has 12 aromatic rings. The Hall–Kier alpha value is -9.36. The van der Waals surface area contributed by atoms with Crippen LogP contribution in [0.3, 0.4) is 0 Å². The molecule has 0 amide bonds. The SMILES string of the molecule is CCCCCCC1(CCCCCC)c2ccccc2-c2ccc(-c3c(CC)c(-c4ccccc4)c(-c4ccccc4)c(CC)c3-c3ccc4c(c3)C(CCCCCC)(CCCCCC)c3cc(-c5c(CC)c(-c6ccccc6)c(-c6ccccc6)c(CC)c5-c5ccc6c(c5)C(CCCCCC)(CCCCCC)c5ccccc5-6)ccc3-4)cc21. The van der Waals surface area contributed by atoms with Crippen molar-refractivity contribution >= 4 is 0 Å². The van der Waals surface area contributed by atoms with Gasteiger partial charge in [0.05, 0.1) is 0 Å². The van der Waals surface area contributed by atoms with E-state index in [4.69, 9.17) is 0 Å². The van der Waals surface area contributed by atoms with Gasteiger partial charge in [0.1, 0.15) is 0 Å². The molecular weight excluding hydrogens is 1430 g/mol. The topological polar surface area (TPSA) is 0 Å². The lowest BCUT2D eigenvalue weighted by molar-refractivity contribution is 0.401. The molecule has 0 heterocycles. The number of unbranched alkanes of at least 4 members (excludes halogenated alkanes) is 18. The highest BCUT2D eigenvalue weighted by molar-refractivity contribution is 6.05. The third kappa shape index (κ3) is 16.4. The highest BCUT2D eigenvalue weighted by atomic mass is 14.5. The average molecular weight is 1570 g/mol. The Kier molecular flexibility index (Phi) is 28.1. The minimum Gasteiger partial charge on any atom is -0.0654 e. The molecule has 3 aliphatic carbocycles. The predicted octanol–water partition coefficient (Wildman–Crippen LogP) is 35.9. The van der Waals surface area contributed by atoms with Crippen molar-refractivity contribution in [2.75, 3.05) is 0 Å². The van der Waals surface area contributed by atoms with Crippen LogP contribution in [0.4, 0.5) is 0 Å². The molecule has 0 N–H and O–H groups in total. The number of rotatable bonds is 42. The summed E-state index contributed by atoms with van der Waals surface area (Å²) in [6.07, 6.45) is 40.5. The van der Waals surface area contributed by atoms with Crippen LogP contribution < -0.4 is 0 Å². The van der Waals surface area contributed by atoms with Crippen LogP contribution in [0.2, 0.25) is 0 Å². The minimum atomic E-state index is -0.250. The Balaban J connectivity index is 1.01. The summed E-state index contributed by atoms with van der Waals surface area (Å²) >= 11 is 0.